The second kappa shape index (κ2) is 15.4. The second-order valence-electron chi connectivity index (χ2n) is 8.90. The van der Waals surface area contributed by atoms with Crippen LogP contribution in [0.5, 0.6) is 11.5 Å². The lowest BCUT2D eigenvalue weighted by Gasteiger charge is -2.21. The van der Waals surface area contributed by atoms with Crippen molar-refractivity contribution in [3.8, 4) is 11.5 Å². The Morgan fingerprint density at radius 1 is 0.795 bits per heavy atom. The second-order valence-corrected chi connectivity index (χ2v) is 8.90. The SMILES string of the molecule is COC1=C(/C=C/C=C/C(=O)N2CCCN(C(=O)/C=C/C=C/c3c(OC)cccc3OC)CC2)C(OC)CC=C1. The Kier molecular flexibility index (Phi) is 11.6. The number of allylic oxidation sites excluding steroid dienone is 5. The van der Waals surface area contributed by atoms with Gasteiger partial charge in [0.2, 0.25) is 11.8 Å². The molecule has 0 N–H and O–H groups in total. The van der Waals surface area contributed by atoms with Gasteiger partial charge in [-0.3, -0.25) is 9.59 Å². The summed E-state index contributed by atoms with van der Waals surface area (Å²) in [5, 5.41) is 0. The summed E-state index contributed by atoms with van der Waals surface area (Å²) in [6, 6.07) is 5.56. The highest BCUT2D eigenvalue weighted by atomic mass is 16.5. The van der Waals surface area contributed by atoms with E-state index in [4.69, 9.17) is 18.9 Å². The molecule has 1 unspecified atom stereocenters. The van der Waals surface area contributed by atoms with Crippen LogP contribution in [0.15, 0.2) is 84.2 Å². The Labute approximate surface area is 231 Å². The first kappa shape index (κ1) is 29.5. The third-order valence-electron chi connectivity index (χ3n) is 6.58. The van der Waals surface area contributed by atoms with Gasteiger partial charge in [0, 0.05) is 51.0 Å². The number of methoxy groups -OCH3 is 4. The predicted molar refractivity (Wildman–Crippen MR) is 152 cm³/mol. The molecule has 8 heteroatoms. The molecule has 0 aromatic heterocycles. The molecule has 1 aromatic carbocycles. The molecule has 1 aliphatic carbocycles. The molecule has 0 saturated carbocycles. The zero-order valence-corrected chi connectivity index (χ0v) is 23.2. The van der Waals surface area contributed by atoms with Crippen LogP contribution >= 0.6 is 0 Å². The number of hydrogen-bond donors (Lipinski definition) is 0. The average molecular weight is 535 g/mol. The highest BCUT2D eigenvalue weighted by Crippen LogP contribution is 2.29. The molecule has 0 spiro atoms. The minimum Gasteiger partial charge on any atom is -0.496 e. The summed E-state index contributed by atoms with van der Waals surface area (Å²) >= 11 is 0. The van der Waals surface area contributed by atoms with Crippen molar-refractivity contribution in [2.45, 2.75) is 18.9 Å². The van der Waals surface area contributed by atoms with E-state index in [-0.39, 0.29) is 17.9 Å². The van der Waals surface area contributed by atoms with Gasteiger partial charge in [-0.25, -0.2) is 0 Å². The molecule has 1 heterocycles. The number of rotatable bonds is 10. The van der Waals surface area contributed by atoms with Crippen molar-refractivity contribution in [1.29, 1.82) is 0 Å². The minimum atomic E-state index is -0.0872. The predicted octanol–water partition coefficient (Wildman–Crippen LogP) is 4.32. The van der Waals surface area contributed by atoms with Gasteiger partial charge in [0.25, 0.3) is 0 Å². The van der Waals surface area contributed by atoms with Gasteiger partial charge >= 0.3 is 0 Å². The summed E-state index contributed by atoms with van der Waals surface area (Å²) < 4.78 is 21.8. The fourth-order valence-corrected chi connectivity index (χ4v) is 4.48. The first-order valence-electron chi connectivity index (χ1n) is 13.0. The summed E-state index contributed by atoms with van der Waals surface area (Å²) in [5.74, 6) is 1.97. The average Bonchev–Trinajstić information content (AvgIpc) is 3.23. The molecule has 1 saturated heterocycles. The van der Waals surface area contributed by atoms with Crippen LogP contribution in [0.4, 0.5) is 0 Å². The topological polar surface area (TPSA) is 77.5 Å². The molecular weight excluding hydrogens is 496 g/mol. The lowest BCUT2D eigenvalue weighted by atomic mass is 9.99. The number of hydrogen-bond acceptors (Lipinski definition) is 6. The van der Waals surface area contributed by atoms with Gasteiger partial charge in [0.1, 0.15) is 17.3 Å². The van der Waals surface area contributed by atoms with E-state index in [9.17, 15) is 9.59 Å². The van der Waals surface area contributed by atoms with Gasteiger partial charge in [-0.2, -0.15) is 0 Å². The maximum absolute atomic E-state index is 12.8. The molecule has 1 fully saturated rings. The van der Waals surface area contributed by atoms with E-state index in [1.54, 1.807) is 62.5 Å². The third-order valence-corrected chi connectivity index (χ3v) is 6.58. The van der Waals surface area contributed by atoms with Crippen LogP contribution in [0.3, 0.4) is 0 Å². The van der Waals surface area contributed by atoms with Crippen LogP contribution < -0.4 is 9.47 Å². The van der Waals surface area contributed by atoms with Crippen molar-refractivity contribution in [3.63, 3.8) is 0 Å². The fourth-order valence-electron chi connectivity index (χ4n) is 4.48. The highest BCUT2D eigenvalue weighted by molar-refractivity contribution is 5.89. The van der Waals surface area contributed by atoms with Crippen LogP contribution in [0.2, 0.25) is 0 Å². The van der Waals surface area contributed by atoms with E-state index in [1.807, 2.05) is 48.6 Å². The molecule has 1 atom stereocenters. The standard InChI is InChI=1S/C31H38N2O6/c1-36-26-14-9-15-27(37-2)24(26)12-5-7-18-30(34)32-20-11-21-33(23-22-32)31(35)19-8-6-13-25-28(38-3)16-10-17-29(25)39-4/h5-10,12-16,18-19,29H,11,17,20-23H2,1-4H3/b12-5+,13-6+,18-7+,19-8+. The van der Waals surface area contributed by atoms with Crippen molar-refractivity contribution in [2.75, 3.05) is 54.6 Å². The van der Waals surface area contributed by atoms with Crippen molar-refractivity contribution in [2.24, 2.45) is 0 Å². The first-order valence-corrected chi connectivity index (χ1v) is 13.0. The number of nitrogens with zero attached hydrogens (tertiary/aromatic N) is 2. The van der Waals surface area contributed by atoms with E-state index in [0.29, 0.717) is 37.7 Å². The normalized spacial score (nSPS) is 18.5. The number of benzene rings is 1. The van der Waals surface area contributed by atoms with Crippen LogP contribution in [0.25, 0.3) is 6.08 Å². The Morgan fingerprint density at radius 2 is 1.38 bits per heavy atom. The first-order chi connectivity index (χ1) is 19.0. The zero-order valence-electron chi connectivity index (χ0n) is 23.2. The van der Waals surface area contributed by atoms with Crippen LogP contribution in [-0.2, 0) is 19.1 Å². The van der Waals surface area contributed by atoms with Gasteiger partial charge in [-0.15, -0.1) is 0 Å². The molecule has 2 aliphatic rings. The summed E-state index contributed by atoms with van der Waals surface area (Å²) in [4.78, 5) is 29.0. The number of carbonyl (C=O) groups is 2. The Bertz CT molecular complexity index is 1160. The van der Waals surface area contributed by atoms with Crippen molar-refractivity contribution in [3.05, 3.63) is 89.8 Å². The van der Waals surface area contributed by atoms with Gasteiger partial charge in [-0.1, -0.05) is 42.5 Å². The Morgan fingerprint density at radius 3 is 1.92 bits per heavy atom. The summed E-state index contributed by atoms with van der Waals surface area (Å²) in [6.45, 7) is 2.16. The lowest BCUT2D eigenvalue weighted by Crippen LogP contribution is -2.36. The van der Waals surface area contributed by atoms with Crippen LogP contribution in [-0.4, -0.2) is 82.3 Å². The minimum absolute atomic E-state index is 0.0760. The van der Waals surface area contributed by atoms with E-state index in [1.165, 1.54) is 6.08 Å². The molecule has 1 aliphatic heterocycles. The molecule has 39 heavy (non-hydrogen) atoms. The maximum Gasteiger partial charge on any atom is 0.246 e. The van der Waals surface area contributed by atoms with Gasteiger partial charge in [-0.05, 0) is 37.1 Å². The van der Waals surface area contributed by atoms with Crippen molar-refractivity contribution in [1.82, 2.24) is 9.80 Å². The summed E-state index contributed by atoms with van der Waals surface area (Å²) in [5.41, 5.74) is 1.74. The third kappa shape index (κ3) is 8.22. The van der Waals surface area contributed by atoms with Crippen molar-refractivity contribution >= 4 is 17.9 Å². The summed E-state index contributed by atoms with van der Waals surface area (Å²) in [6.07, 6.45) is 19.3. The zero-order chi connectivity index (χ0) is 28.0. The van der Waals surface area contributed by atoms with E-state index >= 15 is 0 Å². The van der Waals surface area contributed by atoms with E-state index in [2.05, 4.69) is 0 Å². The van der Waals surface area contributed by atoms with Crippen LogP contribution in [0.1, 0.15) is 18.4 Å². The highest BCUT2D eigenvalue weighted by Gasteiger charge is 2.20. The Balaban J connectivity index is 1.53. The lowest BCUT2D eigenvalue weighted by molar-refractivity contribution is -0.128. The molecule has 8 nitrogen and oxygen atoms in total. The quantitative estimate of drug-likeness (QED) is 0.329. The molecule has 2 amide bonds. The molecule has 0 bridgehead atoms. The fraction of sp³-hybridized carbons (Fsp3) is 0.355. The maximum atomic E-state index is 12.8. The Hall–Kier alpha value is -4.04. The molecule has 1 aromatic rings. The number of amides is 2. The van der Waals surface area contributed by atoms with Crippen molar-refractivity contribution < 1.29 is 28.5 Å². The molecular formula is C31H38N2O6. The molecule has 208 valence electrons. The smallest absolute Gasteiger partial charge is 0.246 e. The molecule has 3 rings (SSSR count). The molecule has 0 radical (unpaired) electrons. The monoisotopic (exact) mass is 534 g/mol. The number of ether oxygens (including phenoxy) is 4. The van der Waals surface area contributed by atoms with Crippen LogP contribution in [0, 0.1) is 0 Å². The van der Waals surface area contributed by atoms with E-state index < -0.39 is 0 Å². The van der Waals surface area contributed by atoms with E-state index in [0.717, 1.165) is 29.7 Å². The van der Waals surface area contributed by atoms with Gasteiger partial charge in [0.05, 0.1) is 33.0 Å². The summed E-state index contributed by atoms with van der Waals surface area (Å²) in [7, 11) is 6.51. The largest absolute Gasteiger partial charge is 0.496 e. The number of carbonyl (C=O) groups excluding carboxylic acids is 2. The van der Waals surface area contributed by atoms with Gasteiger partial charge in [0.15, 0.2) is 0 Å². The van der Waals surface area contributed by atoms with Gasteiger partial charge < -0.3 is 28.7 Å².